The molecule has 1 saturated heterocycles. The second-order valence-electron chi connectivity index (χ2n) is 5.95. The monoisotopic (exact) mass is 290 g/mol. The Hall–Kier alpha value is -1.62. The number of amides is 1. The standard InChI is InChI=1S/C16H26N4O/c1-12-11-14(15(17)21)16(18-13(12)2)19(3)9-10-20-7-5-4-6-8-20/h11H,4-10H2,1-3H3,(H2,17,21). The van der Waals surface area contributed by atoms with E-state index >= 15 is 0 Å². The Morgan fingerprint density at radius 1 is 1.33 bits per heavy atom. The number of hydrogen-bond acceptors (Lipinski definition) is 4. The van der Waals surface area contributed by atoms with Crippen molar-refractivity contribution >= 4 is 11.7 Å². The summed E-state index contributed by atoms with van der Waals surface area (Å²) in [7, 11) is 1.98. The van der Waals surface area contributed by atoms with Gasteiger partial charge in [0.25, 0.3) is 5.91 Å². The van der Waals surface area contributed by atoms with Gasteiger partial charge in [0, 0.05) is 25.8 Å². The zero-order chi connectivity index (χ0) is 15.4. The lowest BCUT2D eigenvalue weighted by Crippen LogP contribution is -2.37. The molecule has 116 valence electrons. The van der Waals surface area contributed by atoms with Crippen molar-refractivity contribution in [1.82, 2.24) is 9.88 Å². The fourth-order valence-electron chi connectivity index (χ4n) is 2.75. The maximum Gasteiger partial charge on any atom is 0.252 e. The van der Waals surface area contributed by atoms with Crippen molar-refractivity contribution in [3.05, 3.63) is 22.9 Å². The SMILES string of the molecule is Cc1cc(C(N)=O)c(N(C)CCN2CCCCC2)nc1C. The molecule has 1 aliphatic heterocycles. The third-order valence-electron chi connectivity index (χ3n) is 4.27. The highest BCUT2D eigenvalue weighted by Crippen LogP contribution is 2.20. The average Bonchev–Trinajstić information content (AvgIpc) is 2.48. The number of likely N-dealkylation sites (N-methyl/N-ethyl adjacent to an activating group) is 1. The molecule has 5 heteroatoms. The van der Waals surface area contributed by atoms with E-state index in [1.54, 1.807) is 0 Å². The maximum atomic E-state index is 11.6. The summed E-state index contributed by atoms with van der Waals surface area (Å²) in [6, 6.07) is 1.84. The van der Waals surface area contributed by atoms with Crippen LogP contribution < -0.4 is 10.6 Å². The highest BCUT2D eigenvalue weighted by molar-refractivity contribution is 5.98. The number of rotatable bonds is 5. The molecule has 0 aliphatic carbocycles. The van der Waals surface area contributed by atoms with Crippen LogP contribution in [0.3, 0.4) is 0 Å². The first-order valence-corrected chi connectivity index (χ1v) is 7.70. The topological polar surface area (TPSA) is 62.5 Å². The van der Waals surface area contributed by atoms with Crippen molar-refractivity contribution in [2.45, 2.75) is 33.1 Å². The van der Waals surface area contributed by atoms with Gasteiger partial charge >= 0.3 is 0 Å². The van der Waals surface area contributed by atoms with E-state index < -0.39 is 5.91 Å². The normalized spacial score (nSPS) is 16.0. The van der Waals surface area contributed by atoms with Gasteiger partial charge in [-0.05, 0) is 51.4 Å². The van der Waals surface area contributed by atoms with Crippen LogP contribution in [0.4, 0.5) is 5.82 Å². The molecule has 2 N–H and O–H groups in total. The first-order chi connectivity index (χ1) is 9.99. The molecule has 0 saturated carbocycles. The Morgan fingerprint density at radius 3 is 2.62 bits per heavy atom. The first kappa shape index (κ1) is 15.8. The van der Waals surface area contributed by atoms with E-state index in [1.807, 2.05) is 31.9 Å². The van der Waals surface area contributed by atoms with Crippen molar-refractivity contribution < 1.29 is 4.79 Å². The van der Waals surface area contributed by atoms with E-state index in [0.29, 0.717) is 11.4 Å². The highest BCUT2D eigenvalue weighted by atomic mass is 16.1. The van der Waals surface area contributed by atoms with Gasteiger partial charge in [-0.15, -0.1) is 0 Å². The summed E-state index contributed by atoms with van der Waals surface area (Å²) in [5, 5.41) is 0. The molecule has 1 aromatic heterocycles. The van der Waals surface area contributed by atoms with Crippen LogP contribution in [-0.4, -0.2) is 49.0 Å². The summed E-state index contributed by atoms with van der Waals surface area (Å²) >= 11 is 0. The summed E-state index contributed by atoms with van der Waals surface area (Å²) in [6.07, 6.45) is 3.92. The van der Waals surface area contributed by atoms with Gasteiger partial charge in [-0.3, -0.25) is 4.79 Å². The molecule has 1 fully saturated rings. The number of pyridine rings is 1. The van der Waals surface area contributed by atoms with Crippen molar-refractivity contribution in [2.75, 3.05) is 38.1 Å². The van der Waals surface area contributed by atoms with Gasteiger partial charge in [0.1, 0.15) is 5.82 Å². The zero-order valence-corrected chi connectivity index (χ0v) is 13.4. The molecule has 1 aromatic rings. The molecule has 0 unspecified atom stereocenters. The lowest BCUT2D eigenvalue weighted by Gasteiger charge is -2.29. The van der Waals surface area contributed by atoms with E-state index in [2.05, 4.69) is 9.88 Å². The quantitative estimate of drug-likeness (QED) is 0.897. The molecule has 2 rings (SSSR count). The van der Waals surface area contributed by atoms with Crippen LogP contribution in [-0.2, 0) is 0 Å². The molecule has 0 spiro atoms. The minimum absolute atomic E-state index is 0.412. The fraction of sp³-hybridized carbons (Fsp3) is 0.625. The van der Waals surface area contributed by atoms with E-state index in [0.717, 1.165) is 24.3 Å². The van der Waals surface area contributed by atoms with Crippen LogP contribution >= 0.6 is 0 Å². The maximum absolute atomic E-state index is 11.6. The van der Waals surface area contributed by atoms with Gasteiger partial charge in [0.05, 0.1) is 5.56 Å². The zero-order valence-electron chi connectivity index (χ0n) is 13.4. The number of primary amides is 1. The van der Waals surface area contributed by atoms with Crippen molar-refractivity contribution in [3.8, 4) is 0 Å². The summed E-state index contributed by atoms with van der Waals surface area (Å²) in [4.78, 5) is 20.7. The lowest BCUT2D eigenvalue weighted by molar-refractivity contribution is 0.100. The Bertz CT molecular complexity index is 509. The van der Waals surface area contributed by atoms with Crippen LogP contribution in [0, 0.1) is 13.8 Å². The molecule has 1 amide bonds. The smallest absolute Gasteiger partial charge is 0.252 e. The molecule has 21 heavy (non-hydrogen) atoms. The van der Waals surface area contributed by atoms with Crippen LogP contribution in [0.2, 0.25) is 0 Å². The van der Waals surface area contributed by atoms with Crippen LogP contribution in [0.15, 0.2) is 6.07 Å². The summed E-state index contributed by atoms with van der Waals surface area (Å²) < 4.78 is 0. The molecule has 0 bridgehead atoms. The summed E-state index contributed by atoms with van der Waals surface area (Å²) in [6.45, 7) is 8.13. The van der Waals surface area contributed by atoms with E-state index in [-0.39, 0.29) is 0 Å². The minimum Gasteiger partial charge on any atom is -0.365 e. The summed E-state index contributed by atoms with van der Waals surface area (Å²) in [5.74, 6) is 0.285. The predicted octanol–water partition coefficient (Wildman–Crippen LogP) is 1.72. The van der Waals surface area contributed by atoms with Gasteiger partial charge < -0.3 is 15.5 Å². The van der Waals surface area contributed by atoms with Crippen LogP contribution in [0.5, 0.6) is 0 Å². The molecular formula is C16H26N4O. The highest BCUT2D eigenvalue weighted by Gasteiger charge is 2.17. The number of likely N-dealkylation sites (tertiary alicyclic amines) is 1. The predicted molar refractivity (Wildman–Crippen MR) is 85.8 cm³/mol. The number of nitrogens with zero attached hydrogens (tertiary/aromatic N) is 3. The van der Waals surface area contributed by atoms with Crippen molar-refractivity contribution in [3.63, 3.8) is 0 Å². The third kappa shape index (κ3) is 3.94. The molecule has 0 aromatic carbocycles. The number of aromatic nitrogens is 1. The Balaban J connectivity index is 2.08. The Kier molecular flexibility index (Phi) is 5.17. The van der Waals surface area contributed by atoms with Gasteiger partial charge in [0.2, 0.25) is 0 Å². The number of aryl methyl sites for hydroxylation is 2. The number of carbonyl (C=O) groups is 1. The Morgan fingerprint density at radius 2 is 2.00 bits per heavy atom. The second-order valence-corrected chi connectivity index (χ2v) is 5.95. The fourth-order valence-corrected chi connectivity index (χ4v) is 2.75. The van der Waals surface area contributed by atoms with Crippen LogP contribution in [0.1, 0.15) is 40.9 Å². The van der Waals surface area contributed by atoms with Gasteiger partial charge in [-0.25, -0.2) is 4.98 Å². The van der Waals surface area contributed by atoms with Crippen molar-refractivity contribution in [1.29, 1.82) is 0 Å². The largest absolute Gasteiger partial charge is 0.365 e. The number of nitrogens with two attached hydrogens (primary N) is 1. The molecule has 1 aliphatic rings. The van der Waals surface area contributed by atoms with E-state index in [4.69, 9.17) is 5.73 Å². The molecular weight excluding hydrogens is 264 g/mol. The molecule has 2 heterocycles. The van der Waals surface area contributed by atoms with E-state index in [1.165, 1.54) is 32.4 Å². The number of carbonyl (C=O) groups excluding carboxylic acids is 1. The number of hydrogen-bond donors (Lipinski definition) is 1. The molecule has 0 atom stereocenters. The molecule has 5 nitrogen and oxygen atoms in total. The number of piperidine rings is 1. The summed E-state index contributed by atoms with van der Waals surface area (Å²) in [5.41, 5.74) is 7.95. The first-order valence-electron chi connectivity index (χ1n) is 7.70. The van der Waals surface area contributed by atoms with Gasteiger partial charge in [-0.1, -0.05) is 6.42 Å². The minimum atomic E-state index is -0.412. The van der Waals surface area contributed by atoms with Gasteiger partial charge in [-0.2, -0.15) is 0 Å². The number of anilines is 1. The lowest BCUT2D eigenvalue weighted by atomic mass is 10.1. The Labute approximate surface area is 127 Å². The molecule has 0 radical (unpaired) electrons. The average molecular weight is 290 g/mol. The second kappa shape index (κ2) is 6.89. The van der Waals surface area contributed by atoms with Gasteiger partial charge in [0.15, 0.2) is 0 Å². The van der Waals surface area contributed by atoms with Crippen LogP contribution in [0.25, 0.3) is 0 Å². The van der Waals surface area contributed by atoms with E-state index in [9.17, 15) is 4.79 Å². The van der Waals surface area contributed by atoms with Crippen molar-refractivity contribution in [2.24, 2.45) is 5.73 Å². The third-order valence-corrected chi connectivity index (χ3v) is 4.27.